The van der Waals surface area contributed by atoms with E-state index >= 15 is 8.78 Å². The summed E-state index contributed by atoms with van der Waals surface area (Å²) in [5.41, 5.74) is 2.59. The number of likely N-dealkylation sites (tertiary alicyclic amines) is 1. The summed E-state index contributed by atoms with van der Waals surface area (Å²) in [7, 11) is 5.12. The fourth-order valence-electron chi connectivity index (χ4n) is 9.31. The quantitative estimate of drug-likeness (QED) is 0.273. The lowest BCUT2D eigenvalue weighted by Crippen LogP contribution is -2.58. The number of pyridine rings is 1. The van der Waals surface area contributed by atoms with E-state index in [0.29, 0.717) is 71.6 Å². The van der Waals surface area contributed by atoms with Gasteiger partial charge in [-0.05, 0) is 50.1 Å². The molecule has 10 rings (SSSR count). The first-order chi connectivity index (χ1) is 28.4. The Morgan fingerprint density at radius 1 is 0.864 bits per heavy atom. The summed E-state index contributed by atoms with van der Waals surface area (Å²) in [6, 6.07) is 10.4. The van der Waals surface area contributed by atoms with Gasteiger partial charge in [0, 0.05) is 77.0 Å². The second kappa shape index (κ2) is 13.9. The van der Waals surface area contributed by atoms with Crippen LogP contribution < -0.4 is 15.1 Å². The van der Waals surface area contributed by atoms with Crippen molar-refractivity contribution in [3.8, 4) is 16.9 Å². The molecule has 6 aromatic rings. The molecule has 0 unspecified atom stereocenters. The number of fused-ring (bicyclic) bond motifs is 8. The number of carbonyl (C=O) groups excluding carboxylic acids is 2. The Morgan fingerprint density at radius 3 is 2.53 bits per heavy atom. The topological polar surface area (TPSA) is 143 Å². The van der Waals surface area contributed by atoms with E-state index in [-0.39, 0.29) is 54.2 Å². The van der Waals surface area contributed by atoms with Crippen LogP contribution >= 0.6 is 0 Å². The first-order valence-corrected chi connectivity index (χ1v) is 19.6. The molecule has 4 aliphatic rings. The fraction of sp³-hybridized carbons (Fsp3) is 0.390. The maximum absolute atomic E-state index is 15.4. The van der Waals surface area contributed by atoms with Crippen molar-refractivity contribution in [1.82, 2.24) is 44.1 Å². The van der Waals surface area contributed by atoms with E-state index in [0.717, 1.165) is 24.1 Å². The van der Waals surface area contributed by atoms with Crippen LogP contribution in [0.1, 0.15) is 25.1 Å². The molecule has 18 heteroatoms. The number of anilines is 3. The molecule has 1 N–H and O–H groups in total. The van der Waals surface area contributed by atoms with E-state index in [9.17, 15) is 14.0 Å². The predicted molar refractivity (Wildman–Crippen MR) is 213 cm³/mol. The van der Waals surface area contributed by atoms with Gasteiger partial charge < -0.3 is 34.2 Å². The maximum Gasteiger partial charge on any atom is 0.245 e. The third-order valence-electron chi connectivity index (χ3n) is 12.2. The van der Waals surface area contributed by atoms with Gasteiger partial charge in [-0.15, -0.1) is 0 Å². The molecule has 3 saturated heterocycles. The molecule has 0 radical (unpaired) electrons. The number of aromatic nitrogens is 7. The Bertz CT molecular complexity index is 2690. The van der Waals surface area contributed by atoms with Crippen LogP contribution in [0.3, 0.4) is 0 Å². The molecule has 8 heterocycles. The second-order valence-corrected chi connectivity index (χ2v) is 16.0. The van der Waals surface area contributed by atoms with Gasteiger partial charge in [0.1, 0.15) is 40.8 Å². The summed E-state index contributed by atoms with van der Waals surface area (Å²) in [5.74, 6) is -0.229. The van der Waals surface area contributed by atoms with E-state index in [1.165, 1.54) is 29.1 Å². The molecule has 304 valence electrons. The highest BCUT2D eigenvalue weighted by atomic mass is 19.1. The van der Waals surface area contributed by atoms with E-state index in [4.69, 9.17) is 19.7 Å². The smallest absolute Gasteiger partial charge is 0.245 e. The summed E-state index contributed by atoms with van der Waals surface area (Å²) in [5, 5.41) is 8.54. The number of hydrogen-bond acceptors (Lipinski definition) is 11. The van der Waals surface area contributed by atoms with Crippen LogP contribution in [-0.2, 0) is 20.9 Å². The zero-order chi connectivity index (χ0) is 40.9. The highest BCUT2D eigenvalue weighted by Crippen LogP contribution is 2.40. The summed E-state index contributed by atoms with van der Waals surface area (Å²) in [6.45, 7) is 3.19. The lowest BCUT2D eigenvalue weighted by Gasteiger charge is -2.46. The molecule has 6 bridgehead atoms. The van der Waals surface area contributed by atoms with Crippen LogP contribution in [0.4, 0.5) is 30.8 Å². The molecule has 2 amide bonds. The average Bonchev–Trinajstić information content (AvgIpc) is 3.85. The summed E-state index contributed by atoms with van der Waals surface area (Å²) >= 11 is 0. The van der Waals surface area contributed by atoms with Gasteiger partial charge in [-0.25, -0.2) is 27.8 Å². The molecular weight excluding hydrogens is 766 g/mol. The molecule has 5 atom stereocenters. The Balaban J connectivity index is 1.11. The molecule has 0 spiro atoms. The number of methoxy groups -OCH3 is 1. The number of ether oxygens (including phenoxy) is 1. The number of hydrogen-bond donors (Lipinski definition) is 1. The zero-order valence-electron chi connectivity index (χ0n) is 32.8. The standard InChI is InChI=1S/C41H41F3N12O3/c1-21-46-32-12-23(43)10-28-31-6-5-7-35(48-31)47-24-13-34(40(58)52(3)19-27(59-4)20-53(21)37(28)32)54(17-24)38-29-16-45-56(33-9-8-22(42)11-30(33)44)39(29)50-41(49-38)55-25-14-26(55)18-51(2)36(57)15-25/h5-12,16,24-27,34H,13-15,17-20H2,1-4H3,(H,47,48)/t24-,25+,26-,27-,34-/m0/s1. The van der Waals surface area contributed by atoms with E-state index in [1.807, 2.05) is 39.5 Å². The SMILES string of the molecule is CO[C@H]1CN(C)C(=O)[C@@H]2C[C@@H](CN2c2nc(N3[C@H]4CC(=O)N(C)C[C@@H]3C4)nc3c2cnn3-c2ccc(F)cc2F)Nc2cccc(n2)-c2cc(F)cc3nc(C)n(c23)C1. The van der Waals surface area contributed by atoms with Crippen molar-refractivity contribution in [3.05, 3.63) is 78.0 Å². The number of benzene rings is 2. The van der Waals surface area contributed by atoms with Crippen LogP contribution in [0, 0.1) is 24.4 Å². The third-order valence-corrected chi connectivity index (χ3v) is 12.2. The Morgan fingerprint density at radius 2 is 1.71 bits per heavy atom. The number of halogens is 3. The van der Waals surface area contributed by atoms with E-state index in [2.05, 4.69) is 15.4 Å². The molecule has 4 aliphatic heterocycles. The van der Waals surface area contributed by atoms with Gasteiger partial charge in [0.05, 0.1) is 47.0 Å². The minimum absolute atomic E-state index is 0.00822. The molecule has 59 heavy (non-hydrogen) atoms. The lowest BCUT2D eigenvalue weighted by atomic mass is 9.92. The summed E-state index contributed by atoms with van der Waals surface area (Å²) < 4.78 is 53.9. The number of nitrogens with one attached hydrogen (secondary N) is 1. The van der Waals surface area contributed by atoms with Gasteiger partial charge in [-0.2, -0.15) is 15.1 Å². The van der Waals surface area contributed by atoms with Crippen molar-refractivity contribution in [2.24, 2.45) is 0 Å². The largest absolute Gasteiger partial charge is 0.378 e. The summed E-state index contributed by atoms with van der Waals surface area (Å²) in [6.07, 6.45) is 2.48. The molecule has 4 aromatic heterocycles. The number of carbonyl (C=O) groups is 2. The summed E-state index contributed by atoms with van der Waals surface area (Å²) in [4.78, 5) is 54.8. The van der Waals surface area contributed by atoms with Crippen LogP contribution in [-0.4, -0.2) is 127 Å². The van der Waals surface area contributed by atoms with Crippen LogP contribution in [0.15, 0.2) is 54.7 Å². The van der Waals surface area contributed by atoms with Gasteiger partial charge in [0.2, 0.25) is 17.8 Å². The van der Waals surface area contributed by atoms with Crippen molar-refractivity contribution in [3.63, 3.8) is 0 Å². The van der Waals surface area contributed by atoms with E-state index in [1.54, 1.807) is 31.0 Å². The zero-order valence-corrected chi connectivity index (χ0v) is 32.8. The number of likely N-dealkylation sites (N-methyl/N-ethyl adjacent to an activating group) is 2. The predicted octanol–water partition coefficient (Wildman–Crippen LogP) is 4.31. The number of nitrogens with zero attached hydrogens (tertiary/aromatic N) is 11. The Kier molecular flexibility index (Phi) is 8.73. The minimum Gasteiger partial charge on any atom is -0.378 e. The van der Waals surface area contributed by atoms with Gasteiger partial charge in [-0.1, -0.05) is 6.07 Å². The number of aryl methyl sites for hydroxylation is 1. The highest BCUT2D eigenvalue weighted by Gasteiger charge is 2.47. The fourth-order valence-corrected chi connectivity index (χ4v) is 9.31. The van der Waals surface area contributed by atoms with Gasteiger partial charge in [-0.3, -0.25) is 9.59 Å². The number of rotatable bonds is 4. The molecule has 0 aliphatic carbocycles. The monoisotopic (exact) mass is 806 g/mol. The Hall–Kier alpha value is -6.30. The number of amides is 2. The average molecular weight is 807 g/mol. The van der Waals surface area contributed by atoms with Crippen molar-refractivity contribution in [2.45, 2.75) is 63.0 Å². The molecule has 0 saturated carbocycles. The van der Waals surface area contributed by atoms with Gasteiger partial charge in [0.15, 0.2) is 11.5 Å². The normalized spacial score (nSPS) is 23.3. The molecule has 3 fully saturated rings. The molecule has 15 nitrogen and oxygen atoms in total. The third kappa shape index (κ3) is 6.18. The van der Waals surface area contributed by atoms with Crippen molar-refractivity contribution in [1.29, 1.82) is 0 Å². The number of imidazole rings is 1. The maximum atomic E-state index is 15.4. The van der Waals surface area contributed by atoms with Gasteiger partial charge in [0.25, 0.3) is 0 Å². The molecule has 2 aromatic carbocycles. The van der Waals surface area contributed by atoms with Crippen molar-refractivity contribution < 1.29 is 27.5 Å². The Labute approximate surface area is 336 Å². The van der Waals surface area contributed by atoms with E-state index < -0.39 is 29.6 Å². The highest BCUT2D eigenvalue weighted by molar-refractivity contribution is 5.94. The molecular formula is C41H41F3N12O3. The van der Waals surface area contributed by atoms with Gasteiger partial charge >= 0.3 is 0 Å². The second-order valence-electron chi connectivity index (χ2n) is 16.0. The van der Waals surface area contributed by atoms with Crippen LogP contribution in [0.2, 0.25) is 0 Å². The minimum atomic E-state index is -0.825. The van der Waals surface area contributed by atoms with Crippen molar-refractivity contribution >= 4 is 51.5 Å². The lowest BCUT2D eigenvalue weighted by molar-refractivity contribution is -0.133. The first-order valence-electron chi connectivity index (χ1n) is 19.6. The van der Waals surface area contributed by atoms with Crippen LogP contribution in [0.25, 0.3) is 39.0 Å². The van der Waals surface area contributed by atoms with Crippen molar-refractivity contribution in [2.75, 3.05) is 56.0 Å². The van der Waals surface area contributed by atoms with Crippen LogP contribution in [0.5, 0.6) is 0 Å². The first kappa shape index (κ1) is 37.0.